The average Bonchev–Trinajstić information content (AvgIpc) is 2.67. The predicted molar refractivity (Wildman–Crippen MR) is 77.3 cm³/mol. The van der Waals surface area contributed by atoms with Crippen LogP contribution in [-0.2, 0) is 0 Å². The molecule has 0 amide bonds. The average molecular weight is 292 g/mol. The van der Waals surface area contributed by atoms with Crippen LogP contribution in [-0.4, -0.2) is 7.05 Å². The minimum Gasteiger partial charge on any atom is -0.313 e. The van der Waals surface area contributed by atoms with Gasteiger partial charge in [-0.2, -0.15) is 0 Å². The maximum absolute atomic E-state index is 6.23. The van der Waals surface area contributed by atoms with E-state index in [2.05, 4.69) is 5.32 Å². The highest BCUT2D eigenvalue weighted by Gasteiger charge is 2.22. The second-order valence-electron chi connectivity index (χ2n) is 4.86. The number of nitrogens with one attached hydrogen (secondary N) is 1. The SMILES string of the molecule is CNC(CC1CCCCC1)c1cc(Cl)sc1Cl. The van der Waals surface area contributed by atoms with Gasteiger partial charge >= 0.3 is 0 Å². The van der Waals surface area contributed by atoms with Crippen molar-refractivity contribution in [1.29, 1.82) is 0 Å². The molecule has 1 aromatic rings. The van der Waals surface area contributed by atoms with Crippen molar-refractivity contribution in [1.82, 2.24) is 5.32 Å². The Morgan fingerprint density at radius 3 is 2.59 bits per heavy atom. The first kappa shape index (κ1) is 13.7. The first-order valence-corrected chi connectivity index (χ1v) is 7.90. The molecular weight excluding hydrogens is 273 g/mol. The Kier molecular flexibility index (Phi) is 5.16. The van der Waals surface area contributed by atoms with Crippen molar-refractivity contribution in [3.8, 4) is 0 Å². The third-order valence-electron chi connectivity index (χ3n) is 3.70. The standard InChI is InChI=1S/C13H19Cl2NS/c1-16-11(7-9-5-3-2-4-6-9)10-8-12(14)17-13(10)15/h8-9,11,16H,2-7H2,1H3. The fraction of sp³-hybridized carbons (Fsp3) is 0.692. The number of thiophene rings is 1. The highest BCUT2D eigenvalue weighted by atomic mass is 35.5. The molecule has 0 aromatic carbocycles. The quantitative estimate of drug-likeness (QED) is 0.795. The Labute approximate surface area is 118 Å². The Hall–Kier alpha value is 0.240. The van der Waals surface area contributed by atoms with Gasteiger partial charge in [0.1, 0.15) is 0 Å². The number of hydrogen-bond donors (Lipinski definition) is 1. The molecule has 96 valence electrons. The molecule has 0 radical (unpaired) electrons. The fourth-order valence-electron chi connectivity index (χ4n) is 2.75. The van der Waals surface area contributed by atoms with E-state index in [0.29, 0.717) is 6.04 Å². The predicted octanol–water partition coefficient (Wildman–Crippen LogP) is 5.29. The number of hydrogen-bond acceptors (Lipinski definition) is 2. The van der Waals surface area contributed by atoms with Gasteiger partial charge in [0.15, 0.2) is 0 Å². The molecule has 1 aliphatic carbocycles. The van der Waals surface area contributed by atoms with Gasteiger partial charge in [0.05, 0.1) is 8.67 Å². The lowest BCUT2D eigenvalue weighted by Gasteiger charge is -2.26. The van der Waals surface area contributed by atoms with Gasteiger partial charge < -0.3 is 5.32 Å². The van der Waals surface area contributed by atoms with Gasteiger partial charge in [-0.25, -0.2) is 0 Å². The zero-order valence-corrected chi connectivity index (χ0v) is 12.5. The Balaban J connectivity index is 2.02. The van der Waals surface area contributed by atoms with E-state index in [0.717, 1.165) is 14.6 Å². The second-order valence-corrected chi connectivity index (χ2v) is 7.15. The molecule has 17 heavy (non-hydrogen) atoms. The lowest BCUT2D eigenvalue weighted by Crippen LogP contribution is -2.21. The molecule has 0 bridgehead atoms. The summed E-state index contributed by atoms with van der Waals surface area (Å²) in [6.07, 6.45) is 8.11. The zero-order chi connectivity index (χ0) is 12.3. The van der Waals surface area contributed by atoms with E-state index in [1.807, 2.05) is 13.1 Å². The summed E-state index contributed by atoms with van der Waals surface area (Å²) in [6.45, 7) is 0. The molecule has 4 heteroatoms. The topological polar surface area (TPSA) is 12.0 Å². The highest BCUT2D eigenvalue weighted by molar-refractivity contribution is 7.20. The maximum atomic E-state index is 6.23. The van der Waals surface area contributed by atoms with Crippen molar-refractivity contribution in [2.75, 3.05) is 7.05 Å². The van der Waals surface area contributed by atoms with Crippen LogP contribution in [0.15, 0.2) is 6.07 Å². The lowest BCUT2D eigenvalue weighted by molar-refractivity contribution is 0.306. The first-order valence-electron chi connectivity index (χ1n) is 6.32. The number of rotatable bonds is 4. The minimum atomic E-state index is 0.356. The van der Waals surface area contributed by atoms with Gasteiger partial charge in [0.2, 0.25) is 0 Å². The van der Waals surface area contributed by atoms with Crippen molar-refractivity contribution in [2.24, 2.45) is 5.92 Å². The molecule has 1 atom stereocenters. The molecule has 2 rings (SSSR count). The summed E-state index contributed by atoms with van der Waals surface area (Å²) in [6, 6.07) is 2.37. The Morgan fingerprint density at radius 1 is 1.35 bits per heavy atom. The Bertz CT molecular complexity index is 358. The molecule has 1 nitrogen and oxygen atoms in total. The molecule has 0 aliphatic heterocycles. The third-order valence-corrected chi connectivity index (χ3v) is 5.22. The van der Waals surface area contributed by atoms with Gasteiger partial charge in [0, 0.05) is 11.6 Å². The molecular formula is C13H19Cl2NS. The van der Waals surface area contributed by atoms with Crippen LogP contribution < -0.4 is 5.32 Å². The van der Waals surface area contributed by atoms with Crippen molar-refractivity contribution in [2.45, 2.75) is 44.6 Å². The van der Waals surface area contributed by atoms with Crippen molar-refractivity contribution >= 4 is 34.5 Å². The zero-order valence-electron chi connectivity index (χ0n) is 10.1. The van der Waals surface area contributed by atoms with Crippen molar-refractivity contribution in [3.63, 3.8) is 0 Å². The van der Waals surface area contributed by atoms with Crippen molar-refractivity contribution in [3.05, 3.63) is 20.3 Å². The van der Waals surface area contributed by atoms with Crippen LogP contribution in [0.3, 0.4) is 0 Å². The molecule has 1 aromatic heterocycles. The number of halogens is 2. The summed E-state index contributed by atoms with van der Waals surface area (Å²) >= 11 is 13.7. The fourth-order valence-corrected chi connectivity index (χ4v) is 4.33. The highest BCUT2D eigenvalue weighted by Crippen LogP contribution is 2.39. The van der Waals surface area contributed by atoms with Crippen molar-refractivity contribution < 1.29 is 0 Å². The summed E-state index contributed by atoms with van der Waals surface area (Å²) in [5.41, 5.74) is 1.18. The van der Waals surface area contributed by atoms with E-state index >= 15 is 0 Å². The van der Waals surface area contributed by atoms with E-state index in [4.69, 9.17) is 23.2 Å². The van der Waals surface area contributed by atoms with Crippen LogP contribution in [0.25, 0.3) is 0 Å². The summed E-state index contributed by atoms with van der Waals surface area (Å²) in [4.78, 5) is 0. The summed E-state index contributed by atoms with van der Waals surface area (Å²) < 4.78 is 1.62. The second kappa shape index (κ2) is 6.42. The van der Waals surface area contributed by atoms with E-state index in [-0.39, 0.29) is 0 Å². The monoisotopic (exact) mass is 291 g/mol. The molecule has 1 N–H and O–H groups in total. The van der Waals surface area contributed by atoms with Gasteiger partial charge in [-0.1, -0.05) is 55.3 Å². The van der Waals surface area contributed by atoms with Gasteiger partial charge in [-0.05, 0) is 25.5 Å². The van der Waals surface area contributed by atoms with Crippen LogP contribution >= 0.6 is 34.5 Å². The van der Waals surface area contributed by atoms with Gasteiger partial charge in [-0.3, -0.25) is 0 Å². The van der Waals surface area contributed by atoms with E-state index in [9.17, 15) is 0 Å². The molecule has 1 unspecified atom stereocenters. The van der Waals surface area contributed by atoms with E-state index in [1.165, 1.54) is 55.4 Å². The molecule has 0 saturated heterocycles. The van der Waals surface area contributed by atoms with Crippen LogP contribution in [0.1, 0.15) is 50.1 Å². The van der Waals surface area contributed by atoms with Gasteiger partial charge in [-0.15, -0.1) is 11.3 Å². The Morgan fingerprint density at radius 2 is 2.06 bits per heavy atom. The van der Waals surface area contributed by atoms with Crippen LogP contribution in [0.4, 0.5) is 0 Å². The molecule has 1 heterocycles. The van der Waals surface area contributed by atoms with E-state index in [1.54, 1.807) is 0 Å². The summed E-state index contributed by atoms with van der Waals surface area (Å²) in [5.74, 6) is 0.843. The summed E-state index contributed by atoms with van der Waals surface area (Å²) in [5, 5.41) is 3.38. The largest absolute Gasteiger partial charge is 0.313 e. The molecule has 1 saturated carbocycles. The molecule has 1 aliphatic rings. The third kappa shape index (κ3) is 3.60. The van der Waals surface area contributed by atoms with Crippen LogP contribution in [0.2, 0.25) is 8.67 Å². The smallest absolute Gasteiger partial charge is 0.0991 e. The first-order chi connectivity index (χ1) is 8.20. The normalized spacial score (nSPS) is 19.5. The van der Waals surface area contributed by atoms with Gasteiger partial charge in [0.25, 0.3) is 0 Å². The van der Waals surface area contributed by atoms with Crippen LogP contribution in [0, 0.1) is 5.92 Å². The van der Waals surface area contributed by atoms with Crippen LogP contribution in [0.5, 0.6) is 0 Å². The van der Waals surface area contributed by atoms with E-state index < -0.39 is 0 Å². The molecule has 0 spiro atoms. The molecule has 1 fully saturated rings. The minimum absolute atomic E-state index is 0.356. The maximum Gasteiger partial charge on any atom is 0.0991 e. The summed E-state index contributed by atoms with van der Waals surface area (Å²) in [7, 11) is 2.01. The lowest BCUT2D eigenvalue weighted by atomic mass is 9.84.